The minimum Gasteiger partial charge on any atom is -0.274 e. The van der Waals surface area contributed by atoms with Crippen molar-refractivity contribution in [2.45, 2.75) is 19.8 Å². The average molecular weight is 631 g/mol. The number of hydrogen-bond acceptors (Lipinski definition) is 4. The number of fused-ring (bicyclic) bond motifs is 2. The predicted octanol–water partition coefficient (Wildman–Crippen LogP) is 7.86. The summed E-state index contributed by atoms with van der Waals surface area (Å²) in [6, 6.07) is 28.9. The molecule has 232 valence electrons. The van der Waals surface area contributed by atoms with E-state index in [1.807, 2.05) is 55.5 Å². The highest BCUT2D eigenvalue weighted by Gasteiger charge is 2.36. The van der Waals surface area contributed by atoms with E-state index in [0.717, 1.165) is 49.0 Å². The van der Waals surface area contributed by atoms with Crippen LogP contribution in [-0.2, 0) is 12.8 Å². The SMILES string of the molecule is Cc1ccc(CCN2C(=O)c3ccc4c5ccc6c7c(ccc(c8ccc(c3c48)C2=O)c75)C(=O)N(CCc2ccc(F)cc2)C6=O)cc1. The lowest BCUT2D eigenvalue weighted by Crippen LogP contribution is -2.41. The summed E-state index contributed by atoms with van der Waals surface area (Å²) in [4.78, 5) is 58.0. The maximum Gasteiger partial charge on any atom is 0.261 e. The van der Waals surface area contributed by atoms with Crippen LogP contribution in [0.1, 0.15) is 58.1 Å². The highest BCUT2D eigenvalue weighted by atomic mass is 19.1. The van der Waals surface area contributed by atoms with Crippen molar-refractivity contribution in [1.29, 1.82) is 0 Å². The average Bonchev–Trinajstić information content (AvgIpc) is 3.10. The molecule has 48 heavy (non-hydrogen) atoms. The van der Waals surface area contributed by atoms with Crippen molar-refractivity contribution in [3.05, 3.63) is 142 Å². The number of carbonyl (C=O) groups excluding carboxylic acids is 4. The van der Waals surface area contributed by atoms with Crippen molar-refractivity contribution in [3.8, 4) is 0 Å². The molecule has 0 spiro atoms. The van der Waals surface area contributed by atoms with E-state index in [1.165, 1.54) is 21.9 Å². The van der Waals surface area contributed by atoms with Gasteiger partial charge < -0.3 is 0 Å². The molecule has 7 aromatic carbocycles. The Labute approximate surface area is 274 Å². The van der Waals surface area contributed by atoms with Crippen molar-refractivity contribution in [3.63, 3.8) is 0 Å². The molecule has 0 aromatic heterocycles. The molecule has 0 aliphatic carbocycles. The molecule has 4 amide bonds. The lowest BCUT2D eigenvalue weighted by molar-refractivity contribution is 0.0597. The largest absolute Gasteiger partial charge is 0.274 e. The Morgan fingerprint density at radius 3 is 1.12 bits per heavy atom. The molecule has 0 fully saturated rings. The molecular formula is C41H27FN2O4. The third-order valence-corrected chi connectivity index (χ3v) is 10.1. The van der Waals surface area contributed by atoms with E-state index in [4.69, 9.17) is 0 Å². The van der Waals surface area contributed by atoms with E-state index in [-0.39, 0.29) is 42.5 Å². The van der Waals surface area contributed by atoms with Gasteiger partial charge in [-0.3, -0.25) is 29.0 Å². The first-order valence-corrected chi connectivity index (χ1v) is 16.0. The summed E-state index contributed by atoms with van der Waals surface area (Å²) in [5.41, 5.74) is 4.92. The second kappa shape index (κ2) is 10.3. The Morgan fingerprint density at radius 1 is 0.438 bits per heavy atom. The Hall–Kier alpha value is -5.95. The molecule has 0 saturated heterocycles. The number of imide groups is 2. The highest BCUT2D eigenvalue weighted by Crippen LogP contribution is 2.46. The monoisotopic (exact) mass is 630 g/mol. The van der Waals surface area contributed by atoms with E-state index in [2.05, 4.69) is 0 Å². The fraction of sp³-hybridized carbons (Fsp3) is 0.122. The van der Waals surface area contributed by atoms with Crippen LogP contribution in [0, 0.1) is 12.7 Å². The highest BCUT2D eigenvalue weighted by molar-refractivity contribution is 6.41. The summed E-state index contributed by atoms with van der Waals surface area (Å²) < 4.78 is 13.4. The van der Waals surface area contributed by atoms with Gasteiger partial charge in [0, 0.05) is 46.1 Å². The van der Waals surface area contributed by atoms with Gasteiger partial charge in [-0.25, -0.2) is 4.39 Å². The second-order valence-electron chi connectivity index (χ2n) is 12.8. The van der Waals surface area contributed by atoms with Gasteiger partial charge in [-0.05, 0) is 99.6 Å². The van der Waals surface area contributed by atoms with E-state index in [9.17, 15) is 23.6 Å². The van der Waals surface area contributed by atoms with Gasteiger partial charge in [0.25, 0.3) is 23.6 Å². The molecule has 0 N–H and O–H groups in total. The molecule has 0 radical (unpaired) electrons. The first kappa shape index (κ1) is 28.3. The smallest absolute Gasteiger partial charge is 0.261 e. The maximum atomic E-state index is 13.9. The molecule has 0 saturated carbocycles. The summed E-state index contributed by atoms with van der Waals surface area (Å²) in [6.07, 6.45) is 0.973. The molecule has 2 heterocycles. The van der Waals surface area contributed by atoms with E-state index < -0.39 is 0 Å². The number of nitrogens with zero attached hydrogens (tertiary/aromatic N) is 2. The fourth-order valence-electron chi connectivity index (χ4n) is 7.66. The van der Waals surface area contributed by atoms with Gasteiger partial charge in [0.05, 0.1) is 0 Å². The normalized spacial score (nSPS) is 14.5. The van der Waals surface area contributed by atoms with Crippen LogP contribution < -0.4 is 0 Å². The van der Waals surface area contributed by atoms with E-state index in [0.29, 0.717) is 45.9 Å². The second-order valence-corrected chi connectivity index (χ2v) is 12.8. The Bertz CT molecular complexity index is 2260. The Morgan fingerprint density at radius 2 is 0.771 bits per heavy atom. The van der Waals surface area contributed by atoms with Crippen LogP contribution in [0.5, 0.6) is 0 Å². The fourth-order valence-corrected chi connectivity index (χ4v) is 7.66. The molecule has 9 rings (SSSR count). The van der Waals surface area contributed by atoms with Gasteiger partial charge >= 0.3 is 0 Å². The zero-order valence-corrected chi connectivity index (χ0v) is 26.0. The van der Waals surface area contributed by atoms with Gasteiger partial charge in [-0.1, -0.05) is 66.2 Å². The molecule has 7 heteroatoms. The Balaban J connectivity index is 1.15. The van der Waals surface area contributed by atoms with Crippen LogP contribution >= 0.6 is 0 Å². The van der Waals surface area contributed by atoms with Gasteiger partial charge in [0.15, 0.2) is 0 Å². The van der Waals surface area contributed by atoms with Gasteiger partial charge in [0.1, 0.15) is 5.82 Å². The molecule has 2 aliphatic heterocycles. The minimum absolute atomic E-state index is 0.172. The zero-order valence-electron chi connectivity index (χ0n) is 26.0. The molecule has 2 aliphatic rings. The number of carbonyl (C=O) groups is 4. The van der Waals surface area contributed by atoms with Gasteiger partial charge in [0.2, 0.25) is 0 Å². The topological polar surface area (TPSA) is 74.8 Å². The summed E-state index contributed by atoms with van der Waals surface area (Å²) in [5.74, 6) is -1.69. The van der Waals surface area contributed by atoms with Crippen LogP contribution in [0.4, 0.5) is 4.39 Å². The minimum atomic E-state index is -0.365. The number of benzene rings is 7. The summed E-state index contributed by atoms with van der Waals surface area (Å²) in [6.45, 7) is 2.47. The lowest BCUT2D eigenvalue weighted by atomic mass is 9.82. The van der Waals surface area contributed by atoms with Crippen molar-refractivity contribution in [1.82, 2.24) is 9.80 Å². The van der Waals surface area contributed by atoms with Gasteiger partial charge in [-0.2, -0.15) is 0 Å². The quantitative estimate of drug-likeness (QED) is 0.107. The number of hydrogen-bond donors (Lipinski definition) is 0. The first-order chi connectivity index (χ1) is 23.3. The van der Waals surface area contributed by atoms with E-state index >= 15 is 0 Å². The lowest BCUT2D eigenvalue weighted by Gasteiger charge is -2.30. The van der Waals surface area contributed by atoms with Gasteiger partial charge in [-0.15, -0.1) is 0 Å². The standard InChI is InChI=1S/C41H27FN2O4/c1-22-2-4-23(5-3-22)18-20-43-38(45)30-14-10-26-28-12-16-32-37-33(41(48)44(40(32)47)21-19-24-6-8-25(42)9-7-24)17-13-29(35(28)37)27-11-15-31(39(43)46)36(30)34(26)27/h2-17H,18-21H2,1H3. The maximum absolute atomic E-state index is 13.9. The summed E-state index contributed by atoms with van der Waals surface area (Å²) >= 11 is 0. The number of aryl methyl sites for hydroxylation is 1. The van der Waals surface area contributed by atoms with Crippen LogP contribution in [0.3, 0.4) is 0 Å². The van der Waals surface area contributed by atoms with Crippen LogP contribution in [0.15, 0.2) is 97.1 Å². The van der Waals surface area contributed by atoms with Crippen LogP contribution in [0.2, 0.25) is 0 Å². The molecule has 0 atom stereocenters. The van der Waals surface area contributed by atoms with Crippen LogP contribution in [0.25, 0.3) is 43.1 Å². The molecule has 6 nitrogen and oxygen atoms in total. The van der Waals surface area contributed by atoms with Crippen molar-refractivity contribution in [2.75, 3.05) is 13.1 Å². The zero-order chi connectivity index (χ0) is 32.8. The van der Waals surface area contributed by atoms with Crippen molar-refractivity contribution in [2.24, 2.45) is 0 Å². The summed E-state index contributed by atoms with van der Waals surface area (Å²) in [7, 11) is 0. The van der Waals surface area contributed by atoms with E-state index in [1.54, 1.807) is 36.4 Å². The first-order valence-electron chi connectivity index (χ1n) is 16.0. The predicted molar refractivity (Wildman–Crippen MR) is 183 cm³/mol. The molecule has 7 aromatic rings. The van der Waals surface area contributed by atoms with Crippen LogP contribution in [-0.4, -0.2) is 46.5 Å². The number of rotatable bonds is 6. The summed E-state index contributed by atoms with van der Waals surface area (Å²) in [5, 5.41) is 6.32. The number of amides is 4. The Kier molecular flexibility index (Phi) is 6.06. The third kappa shape index (κ3) is 3.97. The van der Waals surface area contributed by atoms with Crippen molar-refractivity contribution < 1.29 is 23.6 Å². The third-order valence-electron chi connectivity index (χ3n) is 10.1. The molecular weight excluding hydrogens is 603 g/mol. The molecule has 0 bridgehead atoms. The molecule has 0 unspecified atom stereocenters. The van der Waals surface area contributed by atoms with Crippen molar-refractivity contribution >= 4 is 66.7 Å². The number of halogens is 1.